The summed E-state index contributed by atoms with van der Waals surface area (Å²) in [7, 11) is 1.94. The number of hydrogen-bond acceptors (Lipinski definition) is 4. The van der Waals surface area contributed by atoms with E-state index in [0.29, 0.717) is 10.7 Å². The molecule has 1 aromatic carbocycles. The van der Waals surface area contributed by atoms with Crippen molar-refractivity contribution in [3.8, 4) is 0 Å². The minimum Gasteiger partial charge on any atom is -0.377 e. The Morgan fingerprint density at radius 3 is 3.05 bits per heavy atom. The van der Waals surface area contributed by atoms with E-state index in [1.54, 1.807) is 6.07 Å². The number of nitrogens with one attached hydrogen (secondary N) is 1. The zero-order valence-electron chi connectivity index (χ0n) is 11.5. The van der Waals surface area contributed by atoms with Crippen LogP contribution in [0.5, 0.6) is 0 Å². The van der Waals surface area contributed by atoms with E-state index in [1.165, 1.54) is 23.4 Å². The summed E-state index contributed by atoms with van der Waals surface area (Å²) >= 11 is 6.14. The molecular weight excluding hydrogens is 292 g/mol. The second-order valence-electron chi connectivity index (χ2n) is 5.18. The number of nitro benzene ring substituents is 1. The van der Waals surface area contributed by atoms with Crippen LogP contribution in [0.2, 0.25) is 5.02 Å². The third kappa shape index (κ3) is 2.58. The fourth-order valence-corrected chi connectivity index (χ4v) is 3.01. The first-order chi connectivity index (χ1) is 10.1. The van der Waals surface area contributed by atoms with Gasteiger partial charge in [-0.1, -0.05) is 11.6 Å². The van der Waals surface area contributed by atoms with Crippen LogP contribution in [0.1, 0.15) is 30.1 Å². The van der Waals surface area contributed by atoms with Crippen LogP contribution in [-0.4, -0.2) is 14.7 Å². The van der Waals surface area contributed by atoms with Gasteiger partial charge in [0.25, 0.3) is 5.69 Å². The predicted molar refractivity (Wildman–Crippen MR) is 80.6 cm³/mol. The smallest absolute Gasteiger partial charge is 0.271 e. The van der Waals surface area contributed by atoms with Crippen molar-refractivity contribution in [1.82, 2.24) is 9.78 Å². The van der Waals surface area contributed by atoms with Crippen molar-refractivity contribution in [2.75, 3.05) is 5.32 Å². The van der Waals surface area contributed by atoms with Crippen molar-refractivity contribution < 1.29 is 4.92 Å². The monoisotopic (exact) mass is 306 g/mol. The molecule has 21 heavy (non-hydrogen) atoms. The number of non-ortho nitro benzene ring substituents is 1. The Hall–Kier alpha value is -2.08. The van der Waals surface area contributed by atoms with E-state index < -0.39 is 4.92 Å². The van der Waals surface area contributed by atoms with Crippen molar-refractivity contribution in [3.63, 3.8) is 0 Å². The first-order valence-corrected chi connectivity index (χ1v) is 7.15. The van der Waals surface area contributed by atoms with Crippen LogP contribution >= 0.6 is 11.6 Å². The van der Waals surface area contributed by atoms with Gasteiger partial charge in [-0.2, -0.15) is 5.10 Å². The number of halogens is 1. The van der Waals surface area contributed by atoms with Crippen molar-refractivity contribution >= 4 is 23.0 Å². The molecule has 2 aromatic rings. The quantitative estimate of drug-likeness (QED) is 0.696. The van der Waals surface area contributed by atoms with Crippen molar-refractivity contribution in [2.24, 2.45) is 7.05 Å². The van der Waals surface area contributed by atoms with Crippen LogP contribution in [0.25, 0.3) is 0 Å². The summed E-state index contributed by atoms with van der Waals surface area (Å²) in [5, 5.41) is 18.8. The maximum absolute atomic E-state index is 10.7. The molecule has 0 amide bonds. The van der Waals surface area contributed by atoms with Gasteiger partial charge in [-0.25, -0.2) is 0 Å². The normalized spacial score (nSPS) is 17.3. The second-order valence-corrected chi connectivity index (χ2v) is 5.59. The topological polar surface area (TPSA) is 73.0 Å². The largest absolute Gasteiger partial charge is 0.377 e. The van der Waals surface area contributed by atoms with E-state index in [4.69, 9.17) is 11.6 Å². The summed E-state index contributed by atoms with van der Waals surface area (Å²) in [6.45, 7) is 0. The number of fused-ring (bicyclic) bond motifs is 1. The Balaban J connectivity index is 1.86. The molecule has 0 bridgehead atoms. The summed E-state index contributed by atoms with van der Waals surface area (Å²) in [5.74, 6) is 0. The molecule has 0 fully saturated rings. The van der Waals surface area contributed by atoms with Crippen LogP contribution < -0.4 is 5.32 Å². The molecule has 1 aliphatic carbocycles. The molecule has 3 rings (SSSR count). The fraction of sp³-hybridized carbons (Fsp3) is 0.357. The lowest BCUT2D eigenvalue weighted by Gasteiger charge is -2.25. The highest BCUT2D eigenvalue weighted by Crippen LogP contribution is 2.35. The molecule has 0 aliphatic heterocycles. The summed E-state index contributed by atoms with van der Waals surface area (Å²) < 4.78 is 1.90. The first-order valence-electron chi connectivity index (χ1n) is 6.77. The Bertz CT molecular complexity index is 698. The Labute approximate surface area is 126 Å². The van der Waals surface area contributed by atoms with Gasteiger partial charge in [-0.15, -0.1) is 0 Å². The number of nitrogens with zero attached hydrogens (tertiary/aromatic N) is 3. The minimum atomic E-state index is -0.449. The van der Waals surface area contributed by atoms with Crippen LogP contribution in [0, 0.1) is 10.1 Å². The first kappa shape index (κ1) is 13.9. The van der Waals surface area contributed by atoms with Crippen molar-refractivity contribution in [3.05, 3.63) is 50.8 Å². The SMILES string of the molecule is Cn1ncc2c1CCCC2Nc1ccc([N+](=O)[O-])cc1Cl. The van der Waals surface area contributed by atoms with Gasteiger partial charge in [0, 0.05) is 30.4 Å². The van der Waals surface area contributed by atoms with Crippen molar-refractivity contribution in [1.29, 1.82) is 0 Å². The minimum absolute atomic E-state index is 0.00346. The van der Waals surface area contributed by atoms with E-state index in [9.17, 15) is 10.1 Å². The summed E-state index contributed by atoms with van der Waals surface area (Å²) in [6.07, 6.45) is 4.98. The van der Waals surface area contributed by atoms with E-state index in [2.05, 4.69) is 10.4 Å². The predicted octanol–water partition coefficient (Wildman–Crippen LogP) is 3.47. The lowest BCUT2D eigenvalue weighted by Crippen LogP contribution is -2.18. The second kappa shape index (κ2) is 5.37. The molecule has 1 unspecified atom stereocenters. The third-order valence-electron chi connectivity index (χ3n) is 3.87. The molecule has 6 nitrogen and oxygen atoms in total. The van der Waals surface area contributed by atoms with Gasteiger partial charge in [-0.3, -0.25) is 14.8 Å². The lowest BCUT2D eigenvalue weighted by molar-refractivity contribution is -0.384. The van der Waals surface area contributed by atoms with E-state index in [1.807, 2.05) is 17.9 Å². The summed E-state index contributed by atoms with van der Waals surface area (Å²) in [6, 6.07) is 4.63. The molecule has 7 heteroatoms. The van der Waals surface area contributed by atoms with Gasteiger partial charge < -0.3 is 5.32 Å². The summed E-state index contributed by atoms with van der Waals surface area (Å²) in [5.41, 5.74) is 3.12. The molecule has 0 radical (unpaired) electrons. The number of rotatable bonds is 3. The average molecular weight is 307 g/mol. The molecule has 110 valence electrons. The van der Waals surface area contributed by atoms with Crippen LogP contribution in [0.15, 0.2) is 24.4 Å². The van der Waals surface area contributed by atoms with Gasteiger partial charge in [0.1, 0.15) is 0 Å². The molecule has 1 aliphatic rings. The number of benzene rings is 1. The number of hydrogen-bond donors (Lipinski definition) is 1. The van der Waals surface area contributed by atoms with Gasteiger partial charge in [0.2, 0.25) is 0 Å². The standard InChI is InChI=1S/C14H15ClN4O2/c1-18-14-4-2-3-12(10(14)8-16-18)17-13-6-5-9(19(20)21)7-11(13)15/h5-8,12,17H,2-4H2,1H3. The number of anilines is 1. The number of aromatic nitrogens is 2. The molecular formula is C14H15ClN4O2. The number of nitro groups is 1. The maximum Gasteiger partial charge on any atom is 0.271 e. The third-order valence-corrected chi connectivity index (χ3v) is 4.18. The highest BCUT2D eigenvalue weighted by Gasteiger charge is 2.24. The van der Waals surface area contributed by atoms with Gasteiger partial charge >= 0.3 is 0 Å². The molecule has 0 saturated heterocycles. The van der Waals surface area contributed by atoms with Crippen LogP contribution in [0.3, 0.4) is 0 Å². The fourth-order valence-electron chi connectivity index (χ4n) is 2.78. The maximum atomic E-state index is 10.7. The highest BCUT2D eigenvalue weighted by atomic mass is 35.5. The molecule has 1 heterocycles. The zero-order chi connectivity index (χ0) is 15.0. The molecule has 1 atom stereocenters. The van der Waals surface area contributed by atoms with E-state index in [0.717, 1.165) is 19.3 Å². The van der Waals surface area contributed by atoms with Crippen molar-refractivity contribution in [2.45, 2.75) is 25.3 Å². The van der Waals surface area contributed by atoms with Gasteiger partial charge in [-0.05, 0) is 25.3 Å². The molecule has 1 N–H and O–H groups in total. The number of aryl methyl sites for hydroxylation is 1. The van der Waals surface area contributed by atoms with Gasteiger partial charge in [0.05, 0.1) is 27.9 Å². The highest BCUT2D eigenvalue weighted by molar-refractivity contribution is 6.33. The van der Waals surface area contributed by atoms with Crippen LogP contribution in [0.4, 0.5) is 11.4 Å². The zero-order valence-corrected chi connectivity index (χ0v) is 12.3. The van der Waals surface area contributed by atoms with E-state index in [-0.39, 0.29) is 11.7 Å². The van der Waals surface area contributed by atoms with Gasteiger partial charge in [0.15, 0.2) is 0 Å². The average Bonchev–Trinajstić information content (AvgIpc) is 2.84. The van der Waals surface area contributed by atoms with Crippen LogP contribution in [-0.2, 0) is 13.5 Å². The molecule has 0 spiro atoms. The molecule has 1 aromatic heterocycles. The summed E-state index contributed by atoms with van der Waals surface area (Å²) in [4.78, 5) is 10.3. The Morgan fingerprint density at radius 2 is 2.33 bits per heavy atom. The Morgan fingerprint density at radius 1 is 1.52 bits per heavy atom. The Kier molecular flexibility index (Phi) is 3.55. The van der Waals surface area contributed by atoms with E-state index >= 15 is 0 Å². The lowest BCUT2D eigenvalue weighted by atomic mass is 9.93. The molecule has 0 saturated carbocycles.